The molecule has 0 aliphatic heterocycles. The summed E-state index contributed by atoms with van der Waals surface area (Å²) >= 11 is 5.70. The summed E-state index contributed by atoms with van der Waals surface area (Å²) in [5.74, 6) is 1.28. The van der Waals surface area contributed by atoms with Gasteiger partial charge in [0.15, 0.2) is 11.6 Å². The van der Waals surface area contributed by atoms with E-state index in [1.165, 1.54) is 12.1 Å². The fraction of sp³-hybridized carbons (Fsp3) is 0.167. The first kappa shape index (κ1) is 16.3. The monoisotopic (exact) mass is 346 g/mol. The molecule has 3 aromatic rings. The maximum absolute atomic E-state index is 13.6. The van der Waals surface area contributed by atoms with Crippen LogP contribution in [0.4, 0.5) is 4.39 Å². The molecule has 0 unspecified atom stereocenters. The van der Waals surface area contributed by atoms with Crippen LogP contribution in [0.1, 0.15) is 5.82 Å². The van der Waals surface area contributed by atoms with Crippen LogP contribution in [0.3, 0.4) is 0 Å². The van der Waals surface area contributed by atoms with Gasteiger partial charge in [-0.3, -0.25) is 0 Å². The highest BCUT2D eigenvalue weighted by atomic mass is 35.5. The molecule has 0 fully saturated rings. The molecule has 0 N–H and O–H groups in total. The third kappa shape index (κ3) is 3.86. The standard InChI is InChI=1S/C18H16ClFN2O2/c1-13-21-7-8-22(13)15-3-2-4-16(12-15)23-9-10-24-18-6-5-14(19)11-17(18)20/h2-8,11-12H,9-10H2,1H3. The van der Waals surface area contributed by atoms with Crippen LogP contribution in [0, 0.1) is 12.7 Å². The van der Waals surface area contributed by atoms with Gasteiger partial charge in [-0.15, -0.1) is 0 Å². The van der Waals surface area contributed by atoms with Gasteiger partial charge in [0, 0.05) is 23.5 Å². The number of benzene rings is 2. The number of aromatic nitrogens is 2. The number of rotatable bonds is 6. The van der Waals surface area contributed by atoms with E-state index in [4.69, 9.17) is 21.1 Å². The van der Waals surface area contributed by atoms with E-state index >= 15 is 0 Å². The van der Waals surface area contributed by atoms with Crippen molar-refractivity contribution in [2.75, 3.05) is 13.2 Å². The van der Waals surface area contributed by atoms with Crippen molar-refractivity contribution in [2.45, 2.75) is 6.92 Å². The predicted octanol–water partition coefficient (Wildman–Crippen LogP) is 4.43. The largest absolute Gasteiger partial charge is 0.490 e. The van der Waals surface area contributed by atoms with Gasteiger partial charge in [-0.25, -0.2) is 9.37 Å². The number of aryl methyl sites for hydroxylation is 1. The topological polar surface area (TPSA) is 36.3 Å². The third-order valence-electron chi connectivity index (χ3n) is 3.43. The molecule has 0 radical (unpaired) electrons. The first-order chi connectivity index (χ1) is 11.6. The smallest absolute Gasteiger partial charge is 0.166 e. The fourth-order valence-corrected chi connectivity index (χ4v) is 2.44. The molecule has 0 atom stereocenters. The molecule has 3 rings (SSSR count). The van der Waals surface area contributed by atoms with E-state index in [0.717, 1.165) is 11.5 Å². The van der Waals surface area contributed by atoms with Crippen molar-refractivity contribution in [3.05, 3.63) is 71.5 Å². The molecule has 0 saturated heterocycles. The quantitative estimate of drug-likeness (QED) is 0.619. The number of imidazole rings is 1. The van der Waals surface area contributed by atoms with Crippen molar-refractivity contribution in [1.29, 1.82) is 0 Å². The summed E-state index contributed by atoms with van der Waals surface area (Å²) in [5.41, 5.74) is 0.965. The summed E-state index contributed by atoms with van der Waals surface area (Å²) in [6, 6.07) is 12.0. The van der Waals surface area contributed by atoms with E-state index in [9.17, 15) is 4.39 Å². The SMILES string of the molecule is Cc1nccn1-c1cccc(OCCOc2ccc(Cl)cc2F)c1. The Balaban J connectivity index is 1.56. The first-order valence-corrected chi connectivity index (χ1v) is 7.82. The van der Waals surface area contributed by atoms with Crippen LogP contribution in [-0.4, -0.2) is 22.8 Å². The third-order valence-corrected chi connectivity index (χ3v) is 3.66. The predicted molar refractivity (Wildman–Crippen MR) is 90.7 cm³/mol. The van der Waals surface area contributed by atoms with E-state index < -0.39 is 5.82 Å². The van der Waals surface area contributed by atoms with Crippen molar-refractivity contribution in [3.8, 4) is 17.2 Å². The Bertz CT molecular complexity index is 835. The average Bonchev–Trinajstić information content (AvgIpc) is 2.99. The molecule has 1 aromatic heterocycles. The van der Waals surface area contributed by atoms with E-state index in [2.05, 4.69) is 4.98 Å². The van der Waals surface area contributed by atoms with Gasteiger partial charge in [0.25, 0.3) is 0 Å². The molecule has 2 aromatic carbocycles. The molecule has 0 aliphatic rings. The lowest BCUT2D eigenvalue weighted by atomic mass is 10.3. The lowest BCUT2D eigenvalue weighted by Gasteiger charge is -2.11. The number of hydrogen-bond acceptors (Lipinski definition) is 3. The van der Waals surface area contributed by atoms with Gasteiger partial charge in [0.2, 0.25) is 0 Å². The highest BCUT2D eigenvalue weighted by Crippen LogP contribution is 2.21. The minimum Gasteiger partial charge on any atom is -0.490 e. The fourth-order valence-electron chi connectivity index (χ4n) is 2.28. The molecule has 0 saturated carbocycles. The van der Waals surface area contributed by atoms with Crippen LogP contribution < -0.4 is 9.47 Å². The zero-order chi connectivity index (χ0) is 16.9. The van der Waals surface area contributed by atoms with Gasteiger partial charge >= 0.3 is 0 Å². The summed E-state index contributed by atoms with van der Waals surface area (Å²) in [6.07, 6.45) is 3.64. The summed E-state index contributed by atoms with van der Waals surface area (Å²) < 4.78 is 26.6. The summed E-state index contributed by atoms with van der Waals surface area (Å²) in [5, 5.41) is 0.336. The summed E-state index contributed by atoms with van der Waals surface area (Å²) in [4.78, 5) is 4.20. The molecule has 24 heavy (non-hydrogen) atoms. The normalized spacial score (nSPS) is 10.6. The van der Waals surface area contributed by atoms with Gasteiger partial charge in [-0.05, 0) is 37.3 Å². The Hall–Kier alpha value is -2.53. The molecule has 1 heterocycles. The number of nitrogens with zero attached hydrogens (tertiary/aromatic N) is 2. The zero-order valence-electron chi connectivity index (χ0n) is 13.1. The maximum atomic E-state index is 13.6. The molecule has 124 valence electrons. The van der Waals surface area contributed by atoms with Crippen LogP contribution in [0.2, 0.25) is 5.02 Å². The van der Waals surface area contributed by atoms with E-state index in [1.54, 1.807) is 12.3 Å². The van der Waals surface area contributed by atoms with Crippen molar-refractivity contribution in [1.82, 2.24) is 9.55 Å². The van der Waals surface area contributed by atoms with Crippen molar-refractivity contribution >= 4 is 11.6 Å². The Morgan fingerprint density at radius 1 is 1.12 bits per heavy atom. The lowest BCUT2D eigenvalue weighted by Crippen LogP contribution is -2.10. The molecule has 6 heteroatoms. The van der Waals surface area contributed by atoms with Crippen LogP contribution in [0.5, 0.6) is 11.5 Å². The number of hydrogen-bond donors (Lipinski definition) is 0. The van der Waals surface area contributed by atoms with E-state index in [0.29, 0.717) is 17.4 Å². The molecular formula is C18H16ClFN2O2. The van der Waals surface area contributed by atoms with Crippen LogP contribution in [0.25, 0.3) is 5.69 Å². The maximum Gasteiger partial charge on any atom is 0.166 e. The number of halogens is 2. The average molecular weight is 347 g/mol. The van der Waals surface area contributed by atoms with Gasteiger partial charge in [-0.2, -0.15) is 0 Å². The van der Waals surface area contributed by atoms with Crippen molar-refractivity contribution < 1.29 is 13.9 Å². The Morgan fingerprint density at radius 3 is 2.71 bits per heavy atom. The second-order valence-corrected chi connectivity index (χ2v) is 5.55. The van der Waals surface area contributed by atoms with Crippen LogP contribution in [0.15, 0.2) is 54.9 Å². The van der Waals surface area contributed by atoms with Crippen molar-refractivity contribution in [3.63, 3.8) is 0 Å². The minimum absolute atomic E-state index is 0.158. The van der Waals surface area contributed by atoms with E-state index in [1.807, 2.05) is 42.0 Å². The zero-order valence-corrected chi connectivity index (χ0v) is 13.8. The Morgan fingerprint density at radius 2 is 1.96 bits per heavy atom. The highest BCUT2D eigenvalue weighted by molar-refractivity contribution is 6.30. The number of ether oxygens (including phenoxy) is 2. The van der Waals surface area contributed by atoms with Crippen molar-refractivity contribution in [2.24, 2.45) is 0 Å². The highest BCUT2D eigenvalue weighted by Gasteiger charge is 2.05. The second-order valence-electron chi connectivity index (χ2n) is 5.11. The first-order valence-electron chi connectivity index (χ1n) is 7.44. The molecule has 0 bridgehead atoms. The van der Waals surface area contributed by atoms with E-state index in [-0.39, 0.29) is 12.4 Å². The Kier molecular flexibility index (Phi) is 5.01. The molecule has 0 spiro atoms. The second kappa shape index (κ2) is 7.36. The van der Waals surface area contributed by atoms with Crippen LogP contribution >= 0.6 is 11.6 Å². The minimum atomic E-state index is -0.486. The molecule has 0 aliphatic carbocycles. The van der Waals surface area contributed by atoms with Gasteiger partial charge in [-0.1, -0.05) is 17.7 Å². The van der Waals surface area contributed by atoms with Gasteiger partial charge in [0.1, 0.15) is 24.8 Å². The Labute approximate surface area is 144 Å². The summed E-state index contributed by atoms with van der Waals surface area (Å²) in [6.45, 7) is 2.46. The van der Waals surface area contributed by atoms with Gasteiger partial charge < -0.3 is 14.0 Å². The molecule has 0 amide bonds. The summed E-state index contributed by atoms with van der Waals surface area (Å²) in [7, 11) is 0. The molecule has 4 nitrogen and oxygen atoms in total. The lowest BCUT2D eigenvalue weighted by molar-refractivity contribution is 0.211. The molecular weight excluding hydrogens is 331 g/mol. The van der Waals surface area contributed by atoms with Crippen LogP contribution in [-0.2, 0) is 0 Å². The van der Waals surface area contributed by atoms with Gasteiger partial charge in [0.05, 0.1) is 5.69 Å².